The van der Waals surface area contributed by atoms with Crippen LogP contribution in [0, 0.1) is 5.82 Å². The highest BCUT2D eigenvalue weighted by Crippen LogP contribution is 2.23. The van der Waals surface area contributed by atoms with Gasteiger partial charge in [0.25, 0.3) is 0 Å². The van der Waals surface area contributed by atoms with Gasteiger partial charge in [-0.1, -0.05) is 0 Å². The van der Waals surface area contributed by atoms with Crippen LogP contribution in [-0.2, 0) is 4.79 Å². The van der Waals surface area contributed by atoms with Gasteiger partial charge in [0, 0.05) is 11.4 Å². The predicted octanol–water partition coefficient (Wildman–Crippen LogP) is 2.15. The standard InChI is InChI=1S/C12H15FN2O2S/c1-3-14-12(17)15-11(16)8(2)18-10-6-4-9(13)5-7-10/h4-8H,3H2,1-2H3,(H2,14,15,16,17). The molecule has 0 saturated carbocycles. The van der Waals surface area contributed by atoms with Crippen LogP contribution in [0.2, 0.25) is 0 Å². The zero-order valence-electron chi connectivity index (χ0n) is 10.2. The minimum atomic E-state index is -0.506. The van der Waals surface area contributed by atoms with Crippen LogP contribution in [0.15, 0.2) is 29.2 Å². The summed E-state index contributed by atoms with van der Waals surface area (Å²) < 4.78 is 12.7. The number of rotatable bonds is 4. The highest BCUT2D eigenvalue weighted by atomic mass is 32.2. The number of thioether (sulfide) groups is 1. The highest BCUT2D eigenvalue weighted by molar-refractivity contribution is 8.00. The fraction of sp³-hybridized carbons (Fsp3) is 0.333. The fourth-order valence-corrected chi connectivity index (χ4v) is 2.06. The molecule has 0 aliphatic rings. The first-order valence-electron chi connectivity index (χ1n) is 5.54. The molecule has 1 aromatic carbocycles. The quantitative estimate of drug-likeness (QED) is 0.824. The van der Waals surface area contributed by atoms with Crippen molar-refractivity contribution >= 4 is 23.7 Å². The SMILES string of the molecule is CCNC(=O)NC(=O)C(C)Sc1ccc(F)cc1. The third-order valence-corrected chi connectivity index (χ3v) is 3.18. The summed E-state index contributed by atoms with van der Waals surface area (Å²) >= 11 is 1.26. The van der Waals surface area contributed by atoms with Crippen LogP contribution >= 0.6 is 11.8 Å². The van der Waals surface area contributed by atoms with E-state index >= 15 is 0 Å². The van der Waals surface area contributed by atoms with Crippen LogP contribution in [0.4, 0.5) is 9.18 Å². The molecule has 0 saturated heterocycles. The highest BCUT2D eigenvalue weighted by Gasteiger charge is 2.16. The number of hydrogen-bond acceptors (Lipinski definition) is 3. The van der Waals surface area contributed by atoms with E-state index in [2.05, 4.69) is 10.6 Å². The van der Waals surface area contributed by atoms with Gasteiger partial charge in [-0.3, -0.25) is 10.1 Å². The van der Waals surface area contributed by atoms with E-state index in [4.69, 9.17) is 0 Å². The van der Waals surface area contributed by atoms with Crippen molar-refractivity contribution in [2.45, 2.75) is 24.0 Å². The normalized spacial score (nSPS) is 11.7. The summed E-state index contributed by atoms with van der Waals surface area (Å²) in [7, 11) is 0. The summed E-state index contributed by atoms with van der Waals surface area (Å²) in [5.41, 5.74) is 0. The summed E-state index contributed by atoms with van der Waals surface area (Å²) in [6, 6.07) is 5.34. The van der Waals surface area contributed by atoms with E-state index in [-0.39, 0.29) is 11.7 Å². The van der Waals surface area contributed by atoms with E-state index < -0.39 is 11.3 Å². The van der Waals surface area contributed by atoms with Crippen LogP contribution in [0.5, 0.6) is 0 Å². The number of benzene rings is 1. The molecule has 1 unspecified atom stereocenters. The monoisotopic (exact) mass is 270 g/mol. The topological polar surface area (TPSA) is 58.2 Å². The largest absolute Gasteiger partial charge is 0.338 e. The van der Waals surface area contributed by atoms with Crippen molar-refractivity contribution in [3.05, 3.63) is 30.1 Å². The van der Waals surface area contributed by atoms with Gasteiger partial charge in [-0.15, -0.1) is 11.8 Å². The Labute approximate surface area is 109 Å². The van der Waals surface area contributed by atoms with E-state index in [1.165, 1.54) is 23.9 Å². The molecule has 4 nitrogen and oxygen atoms in total. The Bertz CT molecular complexity index is 423. The number of nitrogens with one attached hydrogen (secondary N) is 2. The summed E-state index contributed by atoms with van der Waals surface area (Å²) in [5.74, 6) is -0.700. The van der Waals surface area contributed by atoms with Crippen molar-refractivity contribution in [3.63, 3.8) is 0 Å². The Balaban J connectivity index is 2.49. The Morgan fingerprint density at radius 3 is 2.50 bits per heavy atom. The number of halogens is 1. The Morgan fingerprint density at radius 1 is 1.33 bits per heavy atom. The molecule has 98 valence electrons. The third-order valence-electron chi connectivity index (χ3n) is 2.07. The van der Waals surface area contributed by atoms with Crippen molar-refractivity contribution in [3.8, 4) is 0 Å². The van der Waals surface area contributed by atoms with E-state index in [1.54, 1.807) is 26.0 Å². The molecule has 1 atom stereocenters. The first-order valence-corrected chi connectivity index (χ1v) is 6.41. The molecule has 6 heteroatoms. The van der Waals surface area contributed by atoms with Crippen LogP contribution < -0.4 is 10.6 Å². The zero-order chi connectivity index (χ0) is 13.5. The summed E-state index contributed by atoms with van der Waals surface area (Å²) in [6.07, 6.45) is 0. The first-order chi connectivity index (χ1) is 8.52. The summed E-state index contributed by atoms with van der Waals surface area (Å²) in [4.78, 5) is 23.6. The van der Waals surface area contributed by atoms with Crippen LogP contribution in [0.3, 0.4) is 0 Å². The lowest BCUT2D eigenvalue weighted by Gasteiger charge is -2.11. The van der Waals surface area contributed by atoms with Crippen molar-refractivity contribution < 1.29 is 14.0 Å². The zero-order valence-corrected chi connectivity index (χ0v) is 11.0. The van der Waals surface area contributed by atoms with Crippen molar-refractivity contribution in [1.82, 2.24) is 10.6 Å². The molecular weight excluding hydrogens is 255 g/mol. The van der Waals surface area contributed by atoms with Crippen molar-refractivity contribution in [1.29, 1.82) is 0 Å². The summed E-state index contributed by atoms with van der Waals surface area (Å²) in [6.45, 7) is 3.90. The van der Waals surface area contributed by atoms with Gasteiger partial charge in [0.1, 0.15) is 5.82 Å². The van der Waals surface area contributed by atoms with Gasteiger partial charge < -0.3 is 5.32 Å². The molecule has 0 aliphatic carbocycles. The Hall–Kier alpha value is -1.56. The lowest BCUT2D eigenvalue weighted by atomic mass is 10.3. The van der Waals surface area contributed by atoms with Crippen molar-refractivity contribution in [2.75, 3.05) is 6.54 Å². The molecule has 0 aliphatic heterocycles. The van der Waals surface area contributed by atoms with E-state index in [0.29, 0.717) is 6.54 Å². The van der Waals surface area contributed by atoms with Gasteiger partial charge in [0.05, 0.1) is 5.25 Å². The number of carbonyl (C=O) groups excluding carboxylic acids is 2. The Morgan fingerprint density at radius 2 is 1.94 bits per heavy atom. The van der Waals surface area contributed by atoms with E-state index in [0.717, 1.165) is 4.90 Å². The predicted molar refractivity (Wildman–Crippen MR) is 68.9 cm³/mol. The fourth-order valence-electron chi connectivity index (χ4n) is 1.19. The molecule has 0 spiro atoms. The smallest absolute Gasteiger partial charge is 0.321 e. The number of carbonyl (C=O) groups is 2. The lowest BCUT2D eigenvalue weighted by Crippen LogP contribution is -2.42. The van der Waals surface area contributed by atoms with Gasteiger partial charge >= 0.3 is 6.03 Å². The molecule has 1 rings (SSSR count). The van der Waals surface area contributed by atoms with E-state index in [9.17, 15) is 14.0 Å². The number of imide groups is 1. The average Bonchev–Trinajstić information content (AvgIpc) is 2.32. The minimum Gasteiger partial charge on any atom is -0.338 e. The number of amides is 3. The molecule has 0 fully saturated rings. The number of urea groups is 1. The van der Waals surface area contributed by atoms with Crippen molar-refractivity contribution in [2.24, 2.45) is 0 Å². The lowest BCUT2D eigenvalue weighted by molar-refractivity contribution is -0.119. The van der Waals surface area contributed by atoms with Gasteiger partial charge in [-0.25, -0.2) is 9.18 Å². The number of hydrogen-bond donors (Lipinski definition) is 2. The maximum atomic E-state index is 12.7. The third kappa shape index (κ3) is 4.75. The maximum absolute atomic E-state index is 12.7. The molecule has 3 amide bonds. The van der Waals surface area contributed by atoms with E-state index in [1.807, 2.05) is 0 Å². The molecule has 0 aromatic heterocycles. The molecule has 0 bridgehead atoms. The molecule has 2 N–H and O–H groups in total. The molecule has 0 radical (unpaired) electrons. The molecular formula is C12H15FN2O2S. The van der Waals surface area contributed by atoms with Gasteiger partial charge in [0.2, 0.25) is 5.91 Å². The van der Waals surface area contributed by atoms with Crippen LogP contribution in [-0.4, -0.2) is 23.7 Å². The molecule has 1 aromatic rings. The molecule has 18 heavy (non-hydrogen) atoms. The van der Waals surface area contributed by atoms with Crippen LogP contribution in [0.1, 0.15) is 13.8 Å². The Kier molecular flexibility index (Phi) is 5.64. The van der Waals surface area contributed by atoms with Crippen LogP contribution in [0.25, 0.3) is 0 Å². The minimum absolute atomic E-state index is 0.321. The second kappa shape index (κ2) is 7.00. The molecule has 0 heterocycles. The van der Waals surface area contributed by atoms with Gasteiger partial charge in [-0.2, -0.15) is 0 Å². The summed E-state index contributed by atoms with van der Waals surface area (Å²) in [5, 5.41) is 4.27. The van der Waals surface area contributed by atoms with Gasteiger partial charge in [0.15, 0.2) is 0 Å². The maximum Gasteiger partial charge on any atom is 0.321 e. The second-order valence-electron chi connectivity index (χ2n) is 3.56. The average molecular weight is 270 g/mol. The first kappa shape index (κ1) is 14.5. The second-order valence-corrected chi connectivity index (χ2v) is 4.98. The van der Waals surface area contributed by atoms with Gasteiger partial charge in [-0.05, 0) is 38.1 Å².